The number of cyclic esters (lactones) is 1. The van der Waals surface area contributed by atoms with Crippen LogP contribution in [0.1, 0.15) is 22.8 Å². The fourth-order valence-corrected chi connectivity index (χ4v) is 8.70. The second-order valence-corrected chi connectivity index (χ2v) is 17.3. The quantitative estimate of drug-likeness (QED) is 0.0611. The molecule has 4 aromatic heterocycles. The van der Waals surface area contributed by atoms with Gasteiger partial charge in [-0.1, -0.05) is 146 Å². The Morgan fingerprint density at radius 2 is 0.753 bits per heavy atom. The van der Waals surface area contributed by atoms with Crippen molar-refractivity contribution in [1.82, 2.24) is 19.9 Å². The van der Waals surface area contributed by atoms with E-state index >= 15 is 0 Å². The van der Waals surface area contributed by atoms with Crippen LogP contribution < -0.4 is 5.11 Å². The van der Waals surface area contributed by atoms with Gasteiger partial charge in [-0.05, 0) is 96.5 Å². The third kappa shape index (κ3) is 12.0. The van der Waals surface area contributed by atoms with Crippen molar-refractivity contribution in [3.63, 3.8) is 0 Å². The number of carbonyl (C=O) groups is 1. The van der Waals surface area contributed by atoms with Crippen LogP contribution in [-0.4, -0.2) is 73.4 Å². The predicted molar refractivity (Wildman–Crippen MR) is 278 cm³/mol. The summed E-state index contributed by atoms with van der Waals surface area (Å²) in [5, 5.41) is 41.2. The molecular formula is C58H47CuN4O9S-2. The number of aliphatic hydroxyl groups excluding tert-OH is 3. The van der Waals surface area contributed by atoms with E-state index in [1.807, 2.05) is 24.3 Å². The van der Waals surface area contributed by atoms with E-state index in [2.05, 4.69) is 178 Å². The fraction of sp³-hybridized carbons (Fsp3) is 0.121. The number of rotatable bonds is 6. The van der Waals surface area contributed by atoms with Crippen molar-refractivity contribution in [2.45, 2.75) is 39.9 Å². The summed E-state index contributed by atoms with van der Waals surface area (Å²) in [6, 6.07) is 59.4. The van der Waals surface area contributed by atoms with Gasteiger partial charge >= 0.3 is 23.0 Å². The van der Waals surface area contributed by atoms with Gasteiger partial charge in [0.1, 0.15) is 0 Å². The summed E-state index contributed by atoms with van der Waals surface area (Å²) in [6.45, 7) is 7.30. The first-order valence-corrected chi connectivity index (χ1v) is 23.7. The molecule has 73 heavy (non-hydrogen) atoms. The van der Waals surface area contributed by atoms with Gasteiger partial charge in [0.05, 0.1) is 28.2 Å². The molecule has 0 fully saturated rings. The molecule has 0 bridgehead atoms. The molecule has 1 aliphatic heterocycles. The number of esters is 1. The second kappa shape index (κ2) is 23.7. The van der Waals surface area contributed by atoms with E-state index < -0.39 is 47.7 Å². The van der Waals surface area contributed by atoms with Crippen LogP contribution >= 0.6 is 0 Å². The Morgan fingerprint density at radius 1 is 0.507 bits per heavy atom. The van der Waals surface area contributed by atoms with E-state index in [4.69, 9.17) is 48.6 Å². The fourth-order valence-electron chi connectivity index (χ4n) is 8.70. The maximum absolute atomic E-state index is 10.5. The molecule has 0 spiro atoms. The van der Waals surface area contributed by atoms with Gasteiger partial charge in [0.25, 0.3) is 0 Å². The number of aryl methyl sites for hydroxylation is 4. The van der Waals surface area contributed by atoms with Crippen molar-refractivity contribution in [2.24, 2.45) is 0 Å². The number of carbonyl (C=O) groups excluding carboxylic acids is 1. The number of aliphatic hydroxyl groups is 3. The minimum Gasteiger partial charge on any atom is -0.853 e. The van der Waals surface area contributed by atoms with Gasteiger partial charge in [0.15, 0.2) is 11.9 Å². The van der Waals surface area contributed by atoms with Gasteiger partial charge in [-0.25, -0.2) is 4.79 Å². The van der Waals surface area contributed by atoms with Crippen molar-refractivity contribution >= 4 is 60.9 Å². The molecule has 0 aliphatic carbocycles. The molecular weight excluding hydrogens is 992 g/mol. The van der Waals surface area contributed by atoms with Gasteiger partial charge in [0, 0.05) is 44.3 Å². The standard InChI is InChI=1S/2C26H20N2.C6H7O6.Cu.H2O3S/c2*1-17-15-23(19-9-5-3-6-10-19)21-13-14-22-24(20-11-7-4-8-12-20)16-18(2)28-26(22)25(21)27-17;7-1-2(8)5-3(9)4(10)6(11)12-5;;1-4(2)3/h2*3-16H,1-2H3;2,5,8-10H,1H2;;(H2,1,2,3)/q;;-1;+1;/p-2. The zero-order valence-electron chi connectivity index (χ0n) is 39.8. The van der Waals surface area contributed by atoms with Crippen molar-refractivity contribution in [1.29, 1.82) is 0 Å². The number of fused-ring (bicyclic) bond motifs is 6. The smallest absolute Gasteiger partial charge is 0.853 e. The van der Waals surface area contributed by atoms with Crippen LogP contribution in [0, 0.1) is 27.7 Å². The number of aromatic nitrogens is 4. The molecule has 5 heterocycles. The Bertz CT molecular complexity index is 3220. The molecule has 0 saturated heterocycles. The Balaban J connectivity index is 0.000000164. The van der Waals surface area contributed by atoms with Crippen LogP contribution in [0.4, 0.5) is 0 Å². The second-order valence-electron chi connectivity index (χ2n) is 16.9. The van der Waals surface area contributed by atoms with Crippen LogP contribution in [0.5, 0.6) is 0 Å². The van der Waals surface area contributed by atoms with Gasteiger partial charge < -0.3 is 34.3 Å². The van der Waals surface area contributed by atoms with Gasteiger partial charge in [-0.2, -0.15) is 0 Å². The number of nitrogens with zero attached hydrogens (tertiary/aromatic N) is 4. The predicted octanol–water partition coefficient (Wildman–Crippen LogP) is 10.4. The molecule has 15 heteroatoms. The summed E-state index contributed by atoms with van der Waals surface area (Å²) in [7, 11) is 0. The molecule has 0 radical (unpaired) electrons. The van der Waals surface area contributed by atoms with Crippen LogP contribution in [0.15, 0.2) is 181 Å². The first kappa shape index (κ1) is 53.1. The summed E-state index contributed by atoms with van der Waals surface area (Å²) in [5.74, 6) is -2.87. The molecule has 11 rings (SSSR count). The van der Waals surface area contributed by atoms with E-state index in [1.54, 1.807) is 0 Å². The Hall–Kier alpha value is -7.72. The molecule has 0 saturated carbocycles. The van der Waals surface area contributed by atoms with Crippen molar-refractivity contribution in [2.75, 3.05) is 6.61 Å². The van der Waals surface area contributed by atoms with E-state index in [-0.39, 0.29) is 17.1 Å². The third-order valence-corrected chi connectivity index (χ3v) is 11.8. The summed E-state index contributed by atoms with van der Waals surface area (Å²) in [5.41, 5.74) is 17.5. The molecule has 2 atom stereocenters. The summed E-state index contributed by atoms with van der Waals surface area (Å²) in [4.78, 5) is 30.1. The maximum Gasteiger partial charge on any atom is 1.00 e. The average molecular weight is 1040 g/mol. The molecule has 1 aliphatic rings. The molecule has 10 aromatic rings. The van der Waals surface area contributed by atoms with E-state index in [1.165, 1.54) is 44.5 Å². The van der Waals surface area contributed by atoms with E-state index in [0.29, 0.717) is 0 Å². The third-order valence-electron chi connectivity index (χ3n) is 11.8. The van der Waals surface area contributed by atoms with Crippen molar-refractivity contribution < 1.29 is 60.3 Å². The molecule has 372 valence electrons. The van der Waals surface area contributed by atoms with E-state index in [9.17, 15) is 9.90 Å². The normalized spacial score (nSPS) is 13.3. The largest absolute Gasteiger partial charge is 1.00 e. The molecule has 0 amide bonds. The van der Waals surface area contributed by atoms with Crippen LogP contribution in [-0.2, 0) is 38.0 Å². The summed E-state index contributed by atoms with van der Waals surface area (Å²) in [6.07, 6.45) is -2.95. The van der Waals surface area contributed by atoms with Crippen LogP contribution in [0.25, 0.3) is 88.1 Å². The Labute approximate surface area is 434 Å². The number of ether oxygens (including phenoxy) is 1. The minimum atomic E-state index is -3.11. The number of hydrogen-bond acceptors (Lipinski definition) is 13. The Kier molecular flexibility index (Phi) is 17.2. The van der Waals surface area contributed by atoms with Crippen LogP contribution in [0.3, 0.4) is 0 Å². The number of benzene rings is 6. The molecule has 13 nitrogen and oxygen atoms in total. The molecule has 3 N–H and O–H groups in total. The van der Waals surface area contributed by atoms with Gasteiger partial charge in [-0.15, -0.1) is 18.0 Å². The summed E-state index contributed by atoms with van der Waals surface area (Å²) < 4.78 is 29.6. The van der Waals surface area contributed by atoms with E-state index in [0.717, 1.165) is 66.4 Å². The van der Waals surface area contributed by atoms with Crippen molar-refractivity contribution in [3.8, 4) is 44.5 Å². The monoisotopic (exact) mass is 1040 g/mol. The number of hydrogen-bond donors (Lipinski definition) is 3. The minimum absolute atomic E-state index is 0. The first-order chi connectivity index (χ1) is 34.7. The van der Waals surface area contributed by atoms with Gasteiger partial charge in [-0.3, -0.25) is 24.1 Å². The Morgan fingerprint density at radius 3 is 0.959 bits per heavy atom. The van der Waals surface area contributed by atoms with Crippen LogP contribution in [0.2, 0.25) is 0 Å². The van der Waals surface area contributed by atoms with Gasteiger partial charge in [0.2, 0.25) is 5.76 Å². The topological polar surface area (TPSA) is 225 Å². The summed E-state index contributed by atoms with van der Waals surface area (Å²) >= 11 is -3.11. The average Bonchev–Trinajstić information content (AvgIpc) is 3.65. The molecule has 2 unspecified atom stereocenters. The number of pyridine rings is 4. The zero-order chi connectivity index (χ0) is 51.1. The SMILES string of the molecule is Cc1cc(-c2ccccc2)c2ccc3c(-c4ccccc4)cc(C)nc3c2n1.Cc1cc(-c2ccccc2)c2ccc3c(-c4ccccc4)cc(C)nc3c2n1.O=C1OC(C(O)C[O-])C(O)=C1O.O=S([O-])[O-].[Cu+]. The molecule has 6 aromatic carbocycles. The van der Waals surface area contributed by atoms with Crippen molar-refractivity contribution in [3.05, 3.63) is 204 Å². The maximum atomic E-state index is 10.5. The zero-order valence-corrected chi connectivity index (χ0v) is 41.6. The first-order valence-electron chi connectivity index (χ1n) is 22.7.